The molecule has 0 aromatic heterocycles. The van der Waals surface area contributed by atoms with Crippen molar-refractivity contribution >= 4 is 41.1 Å². The maximum Gasteiger partial charge on any atom is 0.214 e. The van der Waals surface area contributed by atoms with Crippen molar-refractivity contribution in [1.82, 2.24) is 0 Å². The van der Waals surface area contributed by atoms with Gasteiger partial charge in [-0.15, -0.1) is 0 Å². The van der Waals surface area contributed by atoms with E-state index in [0.29, 0.717) is 12.2 Å². The average molecular weight is 911 g/mol. The zero-order valence-corrected chi connectivity index (χ0v) is 33.3. The van der Waals surface area contributed by atoms with Crippen molar-refractivity contribution < 1.29 is 110 Å². The van der Waals surface area contributed by atoms with Gasteiger partial charge in [-0.3, -0.25) is 24.0 Å². The maximum absolute atomic E-state index is 14.5. The van der Waals surface area contributed by atoms with Gasteiger partial charge < -0.3 is 86.1 Å². The molecule has 0 unspecified atom stereocenters. The van der Waals surface area contributed by atoms with Gasteiger partial charge in [-0.05, 0) is 53.6 Å². The lowest BCUT2D eigenvalue weighted by molar-refractivity contribution is -0.265. The first-order valence-electron chi connectivity index (χ1n) is 19.3. The van der Waals surface area contributed by atoms with Crippen molar-refractivity contribution in [2.24, 2.45) is 0 Å². The molecule has 2 aliphatic heterocycles. The number of aromatic hydroxyl groups is 2. The molecule has 22 nitrogen and oxygen atoms in total. The van der Waals surface area contributed by atoms with Gasteiger partial charge in [-0.2, -0.15) is 0 Å². The van der Waals surface area contributed by atoms with Gasteiger partial charge in [0, 0.05) is 0 Å². The molecule has 0 amide bonds. The second kappa shape index (κ2) is 18.3. The number of ketones is 5. The predicted molar refractivity (Wildman–Crippen MR) is 214 cm³/mol. The maximum atomic E-state index is 14.5. The van der Waals surface area contributed by atoms with E-state index in [9.17, 15) is 101 Å². The van der Waals surface area contributed by atoms with Gasteiger partial charge in [0.2, 0.25) is 28.6 Å². The third kappa shape index (κ3) is 8.22. The summed E-state index contributed by atoms with van der Waals surface area (Å²) in [5.74, 6) is -14.7. The molecule has 2 aromatic rings. The number of benzene rings is 2. The summed E-state index contributed by atoms with van der Waals surface area (Å²) in [6.45, 7) is -2.32. The predicted octanol–water partition coefficient (Wildman–Crippen LogP) is -3.79. The van der Waals surface area contributed by atoms with Gasteiger partial charge in [0.15, 0.2) is 11.6 Å². The minimum absolute atomic E-state index is 0.0686. The number of phenols is 2. The van der Waals surface area contributed by atoms with Crippen molar-refractivity contribution in [3.05, 3.63) is 117 Å². The second-order valence-electron chi connectivity index (χ2n) is 15.4. The number of carbonyl (C=O) groups is 5. The van der Waals surface area contributed by atoms with Crippen molar-refractivity contribution in [2.45, 2.75) is 72.2 Å². The van der Waals surface area contributed by atoms with Crippen LogP contribution in [0.4, 0.5) is 0 Å². The quantitative estimate of drug-likeness (QED) is 0.0759. The van der Waals surface area contributed by atoms with E-state index in [1.807, 2.05) is 0 Å². The highest BCUT2D eigenvalue weighted by Gasteiger charge is 2.64. The van der Waals surface area contributed by atoms with Crippen LogP contribution in [0.5, 0.6) is 11.5 Å². The molecule has 0 radical (unpaired) electrons. The molecule has 6 rings (SSSR count). The van der Waals surface area contributed by atoms with Crippen LogP contribution < -0.4 is 0 Å². The van der Waals surface area contributed by atoms with E-state index in [1.54, 1.807) is 0 Å². The van der Waals surface area contributed by atoms with E-state index in [0.717, 1.165) is 12.2 Å². The first-order chi connectivity index (χ1) is 30.5. The van der Waals surface area contributed by atoms with Crippen LogP contribution in [0.25, 0.3) is 12.2 Å². The number of allylic oxidation sites excluding steroid dienone is 6. The van der Waals surface area contributed by atoms with Crippen LogP contribution in [-0.2, 0) is 33.4 Å². The number of ether oxygens (including phenoxy) is 2. The standard InChI is InChI=1S/C43H42O22/c44-14-24-30(52)32(54)34(56)40(64-24)42(62)36(58)20(28(50)26(38(42)60)22(48)11-5-16-1-7-18(46)8-2-16)13-21-29(51)27(23(49)12-6-17-3-9-19(47)10-4-17)39(61)43(63,37(21)59)41-35(57)33(55)31(53)25(15-45)65-41/h1-13,24-25,30-35,40-41,44-47,52-58,60-63H,14-15H2/b11-5+,12-6+,21-13?/t24-,25-,30-,31-,32+,33+,34-,35-,40-,41-,42+,43-/m1/s1. The molecule has 2 aromatic carbocycles. The lowest BCUT2D eigenvalue weighted by Gasteiger charge is -2.47. The van der Waals surface area contributed by atoms with Crippen LogP contribution in [0.15, 0.2) is 106 Å². The van der Waals surface area contributed by atoms with Crippen LogP contribution in [0.3, 0.4) is 0 Å². The number of rotatable bonds is 11. The fraction of sp³-hybridized carbons (Fsp3) is 0.326. The van der Waals surface area contributed by atoms with Crippen LogP contribution in [0.1, 0.15) is 11.1 Å². The fourth-order valence-electron chi connectivity index (χ4n) is 7.68. The number of Topliss-reactive ketones (excluding diaryl/α,β-unsaturated/α-hetero) is 3. The number of aliphatic hydroxyl groups excluding tert-OH is 11. The Hall–Kier alpha value is -6.25. The summed E-state index contributed by atoms with van der Waals surface area (Å²) in [6, 6.07) is 9.97. The van der Waals surface area contributed by atoms with Gasteiger partial charge >= 0.3 is 0 Å². The van der Waals surface area contributed by atoms with Crippen molar-refractivity contribution in [3.8, 4) is 11.5 Å². The molecular formula is C43H42O22. The Balaban J connectivity index is 1.59. The summed E-state index contributed by atoms with van der Waals surface area (Å²) in [5.41, 5.74) is -13.4. The summed E-state index contributed by atoms with van der Waals surface area (Å²) in [7, 11) is 0. The largest absolute Gasteiger partial charge is 0.508 e. The summed E-state index contributed by atoms with van der Waals surface area (Å²) in [5, 5.41) is 162. The van der Waals surface area contributed by atoms with Crippen LogP contribution >= 0.6 is 0 Å². The molecule has 0 bridgehead atoms. The fourth-order valence-corrected chi connectivity index (χ4v) is 7.68. The molecule has 2 aliphatic carbocycles. The number of carbonyl (C=O) groups excluding carboxylic acids is 5. The highest BCUT2D eigenvalue weighted by molar-refractivity contribution is 6.42. The van der Waals surface area contributed by atoms with Crippen molar-refractivity contribution in [3.63, 3.8) is 0 Å². The van der Waals surface area contributed by atoms with Gasteiger partial charge in [-0.1, -0.05) is 36.4 Å². The molecule has 12 atom stereocenters. The monoisotopic (exact) mass is 910 g/mol. The van der Waals surface area contributed by atoms with E-state index in [2.05, 4.69) is 0 Å². The first kappa shape index (κ1) is 48.2. The first-order valence-corrected chi connectivity index (χ1v) is 19.3. The van der Waals surface area contributed by atoms with Crippen LogP contribution in [0, 0.1) is 0 Å². The van der Waals surface area contributed by atoms with Gasteiger partial charge in [0.05, 0.1) is 24.4 Å². The molecule has 0 saturated carbocycles. The summed E-state index contributed by atoms with van der Waals surface area (Å²) < 4.78 is 10.7. The van der Waals surface area contributed by atoms with E-state index >= 15 is 0 Å². The number of hydrogen-bond acceptors (Lipinski definition) is 22. The van der Waals surface area contributed by atoms with E-state index in [4.69, 9.17) is 9.47 Å². The molecule has 4 aliphatic rings. The summed E-state index contributed by atoms with van der Waals surface area (Å²) in [4.78, 5) is 70.9. The normalized spacial score (nSPS) is 34.4. The summed E-state index contributed by atoms with van der Waals surface area (Å²) >= 11 is 0. The molecule has 65 heavy (non-hydrogen) atoms. The number of aliphatic hydroxyl groups is 13. The topological polar surface area (TPSA) is 407 Å². The van der Waals surface area contributed by atoms with Crippen molar-refractivity contribution in [2.75, 3.05) is 13.2 Å². The van der Waals surface area contributed by atoms with Gasteiger partial charge in [-0.25, -0.2) is 0 Å². The lowest BCUT2D eigenvalue weighted by atomic mass is 9.70. The average Bonchev–Trinajstić information content (AvgIpc) is 3.28. The molecule has 2 saturated heterocycles. The third-order valence-corrected chi connectivity index (χ3v) is 11.4. The Morgan fingerprint density at radius 1 is 0.538 bits per heavy atom. The third-order valence-electron chi connectivity index (χ3n) is 11.4. The number of hydrogen-bond donors (Lipinski definition) is 15. The Morgan fingerprint density at radius 3 is 1.34 bits per heavy atom. The highest BCUT2D eigenvalue weighted by Crippen LogP contribution is 2.45. The van der Waals surface area contributed by atoms with Crippen molar-refractivity contribution in [1.29, 1.82) is 0 Å². The summed E-state index contributed by atoms with van der Waals surface area (Å²) in [6.07, 6.45) is -19.9. The Labute approximate surface area is 365 Å². The molecule has 0 spiro atoms. The van der Waals surface area contributed by atoms with E-state index < -0.39 is 154 Å². The lowest BCUT2D eigenvalue weighted by Crippen LogP contribution is -2.69. The Bertz CT molecular complexity index is 2460. The van der Waals surface area contributed by atoms with Gasteiger partial charge in [0.25, 0.3) is 0 Å². The molecule has 2 fully saturated rings. The Morgan fingerprint density at radius 2 is 0.923 bits per heavy atom. The second-order valence-corrected chi connectivity index (χ2v) is 15.4. The molecule has 346 valence electrons. The minimum atomic E-state index is -3.89. The highest BCUT2D eigenvalue weighted by atomic mass is 16.6. The molecule has 22 heteroatoms. The Kier molecular flexibility index (Phi) is 13.6. The molecule has 15 N–H and O–H groups in total. The minimum Gasteiger partial charge on any atom is -0.508 e. The van der Waals surface area contributed by atoms with Gasteiger partial charge in [0.1, 0.15) is 101 Å². The van der Waals surface area contributed by atoms with Crippen LogP contribution in [-0.4, -0.2) is 191 Å². The number of phenolic OH excluding ortho intramolecular Hbond substituents is 2. The van der Waals surface area contributed by atoms with E-state index in [1.165, 1.54) is 48.5 Å². The SMILES string of the molecule is O=C(/C=C/c1ccc(O)cc1)C1=C(O)[C@](O)([C@@H]2O[C@H](CO)[C@@H](O)[C@H](O)[C@H]2O)C(O)=C(C=C2C(=O)C(C(=O)/C=C/c3ccc(O)cc3)=C(O)[C@@](O)([C@@H]3O[C@H](CO)[C@@H](O)[C@H](O)[C@H]3O)C2=O)C1=O. The zero-order chi connectivity index (χ0) is 48.0. The molecule has 2 heterocycles. The molecular weight excluding hydrogens is 868 g/mol. The smallest absolute Gasteiger partial charge is 0.214 e. The van der Waals surface area contributed by atoms with Crippen LogP contribution in [0.2, 0.25) is 0 Å². The zero-order valence-electron chi connectivity index (χ0n) is 33.3. The van der Waals surface area contributed by atoms with E-state index in [-0.39, 0.29) is 28.7 Å².